The van der Waals surface area contributed by atoms with E-state index in [1.54, 1.807) is 0 Å². The molecule has 4 heteroatoms. The van der Waals surface area contributed by atoms with E-state index in [9.17, 15) is 0 Å². The minimum atomic E-state index is -1.87. The van der Waals surface area contributed by atoms with Crippen LogP contribution >= 0.6 is 6.49 Å². The SMILES string of the molecule is CC1CC(C)OP(C)(=S)O1. The fraction of sp³-hybridized carbons (Fsp3) is 1.00. The Hall–Kier alpha value is 0.570. The highest BCUT2D eigenvalue weighted by atomic mass is 32.5. The Morgan fingerprint density at radius 1 is 1.30 bits per heavy atom. The van der Waals surface area contributed by atoms with Crippen molar-refractivity contribution in [2.75, 3.05) is 6.66 Å². The lowest BCUT2D eigenvalue weighted by molar-refractivity contribution is 0.0730. The van der Waals surface area contributed by atoms with Crippen molar-refractivity contribution in [3.63, 3.8) is 0 Å². The molecule has 1 saturated heterocycles. The molecule has 0 N–H and O–H groups in total. The molecule has 2 nitrogen and oxygen atoms in total. The zero-order valence-electron chi connectivity index (χ0n) is 6.53. The molecule has 0 amide bonds. The Labute approximate surface area is 67.1 Å². The molecule has 1 aliphatic heterocycles. The van der Waals surface area contributed by atoms with Gasteiger partial charge in [0.2, 0.25) is 0 Å². The Kier molecular flexibility index (Phi) is 2.51. The van der Waals surface area contributed by atoms with E-state index in [0.29, 0.717) is 0 Å². The molecule has 1 fully saturated rings. The lowest BCUT2D eigenvalue weighted by atomic mass is 10.2. The maximum atomic E-state index is 5.45. The fourth-order valence-corrected chi connectivity index (χ4v) is 3.64. The lowest BCUT2D eigenvalue weighted by Gasteiger charge is -2.32. The van der Waals surface area contributed by atoms with Crippen molar-refractivity contribution < 1.29 is 9.05 Å². The van der Waals surface area contributed by atoms with Gasteiger partial charge in [-0.05, 0) is 25.7 Å². The molecular weight excluding hydrogens is 167 g/mol. The van der Waals surface area contributed by atoms with E-state index >= 15 is 0 Å². The predicted molar refractivity (Wildman–Crippen MR) is 45.9 cm³/mol. The van der Waals surface area contributed by atoms with E-state index < -0.39 is 6.49 Å². The van der Waals surface area contributed by atoms with Crippen LogP contribution in [0.5, 0.6) is 0 Å². The van der Waals surface area contributed by atoms with Gasteiger partial charge in [-0.1, -0.05) is 0 Å². The monoisotopic (exact) mass is 180 g/mol. The summed E-state index contributed by atoms with van der Waals surface area (Å²) in [5.74, 6) is 0. The van der Waals surface area contributed by atoms with Crippen LogP contribution in [0.3, 0.4) is 0 Å². The molecule has 1 rings (SSSR count). The molecule has 0 spiro atoms. The summed E-state index contributed by atoms with van der Waals surface area (Å²) in [6.07, 6.45) is 1.52. The number of hydrogen-bond acceptors (Lipinski definition) is 3. The highest BCUT2D eigenvalue weighted by Gasteiger charge is 2.26. The van der Waals surface area contributed by atoms with Crippen molar-refractivity contribution in [2.45, 2.75) is 32.5 Å². The van der Waals surface area contributed by atoms with Gasteiger partial charge in [-0.2, -0.15) is 0 Å². The largest absolute Gasteiger partial charge is 0.326 e. The molecule has 2 unspecified atom stereocenters. The molecule has 1 heterocycles. The maximum Gasteiger partial charge on any atom is 0.186 e. The van der Waals surface area contributed by atoms with Gasteiger partial charge in [-0.3, -0.25) is 0 Å². The first-order valence-corrected chi connectivity index (χ1v) is 6.52. The molecule has 0 aromatic heterocycles. The van der Waals surface area contributed by atoms with Crippen LogP contribution in [0, 0.1) is 0 Å². The summed E-state index contributed by atoms with van der Waals surface area (Å²) < 4.78 is 10.9. The van der Waals surface area contributed by atoms with Crippen LogP contribution < -0.4 is 0 Å². The van der Waals surface area contributed by atoms with E-state index in [-0.39, 0.29) is 12.2 Å². The first-order chi connectivity index (χ1) is 4.49. The van der Waals surface area contributed by atoms with Crippen molar-refractivity contribution in [1.82, 2.24) is 0 Å². The second kappa shape index (κ2) is 2.90. The van der Waals surface area contributed by atoms with E-state index in [1.165, 1.54) is 0 Å². The van der Waals surface area contributed by atoms with E-state index in [1.807, 2.05) is 20.5 Å². The minimum Gasteiger partial charge on any atom is -0.326 e. The molecule has 0 aliphatic carbocycles. The molecule has 0 radical (unpaired) electrons. The summed E-state index contributed by atoms with van der Waals surface area (Å²) in [5.41, 5.74) is 0. The van der Waals surface area contributed by atoms with Crippen molar-refractivity contribution >= 4 is 18.3 Å². The smallest absolute Gasteiger partial charge is 0.186 e. The van der Waals surface area contributed by atoms with Crippen LogP contribution in [-0.2, 0) is 20.9 Å². The van der Waals surface area contributed by atoms with Crippen LogP contribution in [0.4, 0.5) is 0 Å². The molecule has 10 heavy (non-hydrogen) atoms. The number of hydrogen-bond donors (Lipinski definition) is 0. The van der Waals surface area contributed by atoms with Gasteiger partial charge in [-0.25, -0.2) is 0 Å². The molecule has 60 valence electrons. The summed E-state index contributed by atoms with van der Waals surface area (Å²) in [7, 11) is 0. The van der Waals surface area contributed by atoms with E-state index in [2.05, 4.69) is 0 Å². The molecular formula is C6H13O2PS. The fourth-order valence-electron chi connectivity index (χ4n) is 1.23. The average molecular weight is 180 g/mol. The third-order valence-electron chi connectivity index (χ3n) is 1.41. The maximum absolute atomic E-state index is 5.45. The van der Waals surface area contributed by atoms with Crippen molar-refractivity contribution in [2.24, 2.45) is 0 Å². The van der Waals surface area contributed by atoms with Gasteiger partial charge in [0.1, 0.15) is 0 Å². The molecule has 0 aromatic carbocycles. The van der Waals surface area contributed by atoms with Crippen LogP contribution in [0.15, 0.2) is 0 Å². The van der Waals surface area contributed by atoms with E-state index in [4.69, 9.17) is 20.9 Å². The summed E-state index contributed by atoms with van der Waals surface area (Å²) >= 11 is 5.12. The highest BCUT2D eigenvalue weighted by Crippen LogP contribution is 2.50. The molecule has 1 aliphatic rings. The standard InChI is InChI=1S/C6H13O2PS/c1-5-4-6(2)8-9(3,10)7-5/h5-6H,4H2,1-3H3. The second-order valence-electron chi connectivity index (χ2n) is 2.84. The molecule has 0 bridgehead atoms. The Morgan fingerprint density at radius 3 is 2.00 bits per heavy atom. The third-order valence-corrected chi connectivity index (χ3v) is 3.41. The van der Waals surface area contributed by atoms with Crippen molar-refractivity contribution in [3.05, 3.63) is 0 Å². The predicted octanol–water partition coefficient (Wildman–Crippen LogP) is 2.14. The highest BCUT2D eigenvalue weighted by molar-refractivity contribution is 8.09. The zero-order valence-corrected chi connectivity index (χ0v) is 8.24. The quantitative estimate of drug-likeness (QED) is 0.532. The Morgan fingerprint density at radius 2 is 1.70 bits per heavy atom. The van der Waals surface area contributed by atoms with Crippen LogP contribution in [0.2, 0.25) is 0 Å². The molecule has 0 saturated carbocycles. The first kappa shape index (κ1) is 8.66. The van der Waals surface area contributed by atoms with Gasteiger partial charge in [0.15, 0.2) is 6.49 Å². The zero-order chi connectivity index (χ0) is 7.78. The van der Waals surface area contributed by atoms with Gasteiger partial charge in [-0.15, -0.1) is 0 Å². The van der Waals surface area contributed by atoms with Crippen molar-refractivity contribution in [3.8, 4) is 0 Å². The van der Waals surface area contributed by atoms with E-state index in [0.717, 1.165) is 6.42 Å². The second-order valence-corrected chi connectivity index (χ2v) is 6.79. The van der Waals surface area contributed by atoms with Crippen molar-refractivity contribution in [1.29, 1.82) is 0 Å². The molecule has 0 aromatic rings. The lowest BCUT2D eigenvalue weighted by Crippen LogP contribution is -2.23. The normalized spacial score (nSPS) is 49.1. The summed E-state index contributed by atoms with van der Waals surface area (Å²) in [6, 6.07) is 0. The van der Waals surface area contributed by atoms with Gasteiger partial charge in [0.25, 0.3) is 0 Å². The van der Waals surface area contributed by atoms with Crippen LogP contribution in [-0.4, -0.2) is 18.9 Å². The van der Waals surface area contributed by atoms with Gasteiger partial charge in [0, 0.05) is 13.1 Å². The summed E-state index contributed by atoms with van der Waals surface area (Å²) in [5, 5.41) is 0. The summed E-state index contributed by atoms with van der Waals surface area (Å²) in [4.78, 5) is 0. The minimum absolute atomic E-state index is 0.277. The number of rotatable bonds is 0. The Bertz CT molecular complexity index is 157. The van der Waals surface area contributed by atoms with Crippen LogP contribution in [0.1, 0.15) is 20.3 Å². The van der Waals surface area contributed by atoms with Gasteiger partial charge < -0.3 is 9.05 Å². The molecule has 2 atom stereocenters. The van der Waals surface area contributed by atoms with Gasteiger partial charge >= 0.3 is 0 Å². The first-order valence-electron chi connectivity index (χ1n) is 3.44. The topological polar surface area (TPSA) is 18.5 Å². The average Bonchev–Trinajstić information content (AvgIpc) is 1.54. The third kappa shape index (κ3) is 2.31. The Balaban J connectivity index is 2.60. The van der Waals surface area contributed by atoms with Crippen LogP contribution in [0.25, 0.3) is 0 Å². The summed E-state index contributed by atoms with van der Waals surface area (Å²) in [6.45, 7) is 4.11. The van der Waals surface area contributed by atoms with Gasteiger partial charge in [0.05, 0.1) is 12.2 Å².